The molecule has 14 heavy (non-hydrogen) atoms. The highest BCUT2D eigenvalue weighted by molar-refractivity contribution is 5.72. The highest BCUT2D eigenvalue weighted by atomic mass is 16.2. The minimum absolute atomic E-state index is 0.207. The molecule has 1 aromatic rings. The average molecular weight is 189 g/mol. The number of nitrogens with zero attached hydrogens (tertiary/aromatic N) is 2. The van der Waals surface area contributed by atoms with Crippen LogP contribution in [-0.4, -0.2) is 10.5 Å². The largest absolute Gasteiger partial charge is 0.320 e. The Morgan fingerprint density at radius 3 is 3.14 bits per heavy atom. The van der Waals surface area contributed by atoms with Crippen LogP contribution in [0.4, 0.5) is 0 Å². The van der Waals surface area contributed by atoms with Crippen LogP contribution in [-0.2, 0) is 11.3 Å². The normalized spacial score (nSPS) is 10.7. The number of pyridine rings is 1. The summed E-state index contributed by atoms with van der Waals surface area (Å²) >= 11 is 0. The first kappa shape index (κ1) is 10.1. The summed E-state index contributed by atoms with van der Waals surface area (Å²) in [6, 6.07) is 5.45. The lowest BCUT2D eigenvalue weighted by Gasteiger charge is -2.01. The van der Waals surface area contributed by atoms with Gasteiger partial charge in [0.05, 0.1) is 6.54 Å². The number of hydrogen-bond donors (Lipinski definition) is 1. The van der Waals surface area contributed by atoms with Crippen molar-refractivity contribution in [3.63, 3.8) is 0 Å². The molecule has 4 nitrogen and oxygen atoms in total. The number of carbonyl (C=O) groups excluding carboxylic acids is 1. The van der Waals surface area contributed by atoms with Gasteiger partial charge in [-0.1, -0.05) is 12.0 Å². The molecule has 0 bridgehead atoms. The lowest BCUT2D eigenvalue weighted by Crippen LogP contribution is -2.25. The first-order valence-electron chi connectivity index (χ1n) is 4.13. The van der Waals surface area contributed by atoms with Crippen molar-refractivity contribution in [3.05, 3.63) is 29.9 Å². The highest BCUT2D eigenvalue weighted by Crippen LogP contribution is 1.80. The molecule has 72 valence electrons. The van der Waals surface area contributed by atoms with Gasteiger partial charge in [-0.05, 0) is 12.1 Å². The topological polar surface area (TPSA) is 46.4 Å². The van der Waals surface area contributed by atoms with Crippen molar-refractivity contribution >= 4 is 5.91 Å². The third-order valence-electron chi connectivity index (χ3n) is 1.51. The molecule has 0 aliphatic carbocycles. The summed E-state index contributed by atoms with van der Waals surface area (Å²) in [7, 11) is 0. The number of aromatic nitrogens is 1. The van der Waals surface area contributed by atoms with E-state index in [0.29, 0.717) is 12.0 Å². The third kappa shape index (κ3) is 2.79. The van der Waals surface area contributed by atoms with Crippen LogP contribution in [0.25, 0.3) is 0 Å². The Morgan fingerprint density at radius 2 is 2.50 bits per heavy atom. The van der Waals surface area contributed by atoms with Gasteiger partial charge in [-0.15, -0.1) is 6.42 Å². The Balaban J connectivity index is 3.01. The van der Waals surface area contributed by atoms with Gasteiger partial charge in [0.25, 0.3) is 0 Å². The fraction of sp³-hybridized carbons (Fsp3) is 0.200. The summed E-state index contributed by atoms with van der Waals surface area (Å²) in [5.74, 6) is 2.29. The van der Waals surface area contributed by atoms with E-state index in [4.69, 9.17) is 6.42 Å². The zero-order valence-electron chi connectivity index (χ0n) is 7.90. The molecular weight excluding hydrogens is 178 g/mol. The van der Waals surface area contributed by atoms with Crippen molar-refractivity contribution in [3.8, 4) is 12.3 Å². The fourth-order valence-corrected chi connectivity index (χ4v) is 0.937. The monoisotopic (exact) mass is 189 g/mol. The number of amides is 1. The quantitative estimate of drug-likeness (QED) is 0.519. The summed E-state index contributed by atoms with van der Waals surface area (Å²) in [6.45, 7) is 1.83. The summed E-state index contributed by atoms with van der Waals surface area (Å²) < 4.78 is 1.76. The van der Waals surface area contributed by atoms with Gasteiger partial charge in [0.1, 0.15) is 0 Å². The predicted octanol–water partition coefficient (Wildman–Crippen LogP) is 0.0731. The van der Waals surface area contributed by atoms with Crippen molar-refractivity contribution in [2.24, 2.45) is 5.10 Å². The van der Waals surface area contributed by atoms with Gasteiger partial charge >= 0.3 is 0 Å². The van der Waals surface area contributed by atoms with Crippen LogP contribution >= 0.6 is 0 Å². The predicted molar refractivity (Wildman–Crippen MR) is 52.6 cm³/mol. The molecule has 1 heterocycles. The maximum absolute atomic E-state index is 10.6. The van der Waals surface area contributed by atoms with Crippen LogP contribution in [0.3, 0.4) is 0 Å². The second-order valence-electron chi connectivity index (χ2n) is 2.67. The molecular formula is C10H11N3O. The summed E-state index contributed by atoms with van der Waals surface area (Å²) in [4.78, 5) is 10.6. The number of terminal acetylenes is 1. The second-order valence-corrected chi connectivity index (χ2v) is 2.67. The van der Waals surface area contributed by atoms with Gasteiger partial charge in [-0.25, -0.2) is 5.43 Å². The molecule has 0 radical (unpaired) electrons. The van der Waals surface area contributed by atoms with Crippen LogP contribution in [0, 0.1) is 12.3 Å². The maximum Gasteiger partial charge on any atom is 0.237 e. The lowest BCUT2D eigenvalue weighted by atomic mass is 10.4. The minimum atomic E-state index is -0.207. The minimum Gasteiger partial charge on any atom is -0.320 e. The zero-order chi connectivity index (χ0) is 10.4. The van der Waals surface area contributed by atoms with Crippen LogP contribution in [0.15, 0.2) is 29.5 Å². The van der Waals surface area contributed by atoms with E-state index in [2.05, 4.69) is 16.4 Å². The highest BCUT2D eigenvalue weighted by Gasteiger charge is 1.90. The van der Waals surface area contributed by atoms with Crippen molar-refractivity contribution < 1.29 is 4.79 Å². The molecule has 0 spiro atoms. The molecule has 1 rings (SSSR count). The third-order valence-corrected chi connectivity index (χ3v) is 1.51. The molecule has 0 saturated carbocycles. The summed E-state index contributed by atoms with van der Waals surface area (Å²) in [6.07, 6.45) is 6.99. The Kier molecular flexibility index (Phi) is 3.50. The van der Waals surface area contributed by atoms with Gasteiger partial charge in [0.15, 0.2) is 5.49 Å². The van der Waals surface area contributed by atoms with Gasteiger partial charge in [-0.3, -0.25) is 4.79 Å². The Bertz CT molecular complexity index is 425. The average Bonchev–Trinajstić information content (AvgIpc) is 2.17. The molecule has 0 unspecified atom stereocenters. The van der Waals surface area contributed by atoms with Crippen LogP contribution in [0.5, 0.6) is 0 Å². The second kappa shape index (κ2) is 4.87. The van der Waals surface area contributed by atoms with E-state index in [9.17, 15) is 4.79 Å². The van der Waals surface area contributed by atoms with E-state index in [1.165, 1.54) is 6.92 Å². The van der Waals surface area contributed by atoms with E-state index in [1.807, 2.05) is 12.1 Å². The van der Waals surface area contributed by atoms with Crippen molar-refractivity contribution in [2.45, 2.75) is 13.5 Å². The molecule has 1 N–H and O–H groups in total. The van der Waals surface area contributed by atoms with Gasteiger partial charge < -0.3 is 4.57 Å². The molecule has 0 aliphatic rings. The molecule has 0 aliphatic heterocycles. The number of nitrogens with one attached hydrogen (secondary N) is 1. The maximum atomic E-state index is 10.6. The molecule has 1 aromatic heterocycles. The Hall–Kier alpha value is -2.02. The molecule has 4 heteroatoms. The smallest absolute Gasteiger partial charge is 0.237 e. The van der Waals surface area contributed by atoms with Crippen molar-refractivity contribution in [2.75, 3.05) is 0 Å². The molecule has 0 atom stereocenters. The Morgan fingerprint density at radius 1 is 1.71 bits per heavy atom. The van der Waals surface area contributed by atoms with E-state index < -0.39 is 0 Å². The van der Waals surface area contributed by atoms with Gasteiger partial charge in [0, 0.05) is 13.1 Å². The molecule has 0 aromatic carbocycles. The van der Waals surface area contributed by atoms with Gasteiger partial charge in [0.2, 0.25) is 5.91 Å². The first-order valence-corrected chi connectivity index (χ1v) is 4.13. The van der Waals surface area contributed by atoms with E-state index >= 15 is 0 Å². The first-order chi connectivity index (χ1) is 6.74. The molecule has 0 fully saturated rings. The van der Waals surface area contributed by atoms with Crippen molar-refractivity contribution in [1.29, 1.82) is 0 Å². The van der Waals surface area contributed by atoms with Crippen LogP contribution in [0.2, 0.25) is 0 Å². The summed E-state index contributed by atoms with van der Waals surface area (Å²) in [5.41, 5.74) is 2.98. The van der Waals surface area contributed by atoms with Crippen LogP contribution < -0.4 is 10.9 Å². The number of rotatable bonds is 2. The number of hydrogen-bond acceptors (Lipinski definition) is 2. The van der Waals surface area contributed by atoms with Crippen LogP contribution in [0.1, 0.15) is 6.92 Å². The summed E-state index contributed by atoms with van der Waals surface area (Å²) in [5, 5.41) is 3.89. The van der Waals surface area contributed by atoms with Crippen molar-refractivity contribution in [1.82, 2.24) is 9.99 Å². The van der Waals surface area contributed by atoms with Gasteiger partial charge in [-0.2, -0.15) is 5.10 Å². The fourth-order valence-electron chi connectivity index (χ4n) is 0.937. The van der Waals surface area contributed by atoms with E-state index in [0.717, 1.165) is 0 Å². The SMILES string of the molecule is C#CCn1ccccc1=NNC(C)=O. The van der Waals surface area contributed by atoms with E-state index in [1.54, 1.807) is 16.8 Å². The Labute approximate surface area is 82.3 Å². The number of carbonyl (C=O) groups is 1. The zero-order valence-corrected chi connectivity index (χ0v) is 7.90. The molecule has 1 amide bonds. The lowest BCUT2D eigenvalue weighted by molar-refractivity contribution is -0.119. The molecule has 0 saturated heterocycles. The standard InChI is InChI=1S/C10H11N3O/c1-3-7-13-8-5-4-6-10(13)12-11-9(2)14/h1,4-6,8H,7H2,2H3,(H,11,14). The van der Waals surface area contributed by atoms with E-state index in [-0.39, 0.29) is 5.91 Å².